The molecule has 1 aliphatic carbocycles. The maximum atomic E-state index is 3.65. The first kappa shape index (κ1) is 14.7. The maximum absolute atomic E-state index is 3.65. The van der Waals surface area contributed by atoms with Gasteiger partial charge >= 0.3 is 0 Å². The summed E-state index contributed by atoms with van der Waals surface area (Å²) < 4.78 is 1.53. The average Bonchev–Trinajstić information content (AvgIpc) is 3.20. The van der Waals surface area contributed by atoms with Crippen molar-refractivity contribution in [2.45, 2.75) is 44.0 Å². The molecular weight excluding hydrogens is 332 g/mol. The highest BCUT2D eigenvalue weighted by molar-refractivity contribution is 9.10. The average molecular weight is 355 g/mol. The molecule has 0 aromatic heterocycles. The van der Waals surface area contributed by atoms with Crippen LogP contribution in [-0.4, -0.2) is 29.6 Å². The van der Waals surface area contributed by atoms with Crippen LogP contribution in [0.2, 0.25) is 0 Å². The third kappa shape index (κ3) is 3.71. The van der Waals surface area contributed by atoms with Gasteiger partial charge in [0.25, 0.3) is 0 Å². The SMILES string of the molecule is CC1(C)CN(c2cc(Br)ccc2CNC2CC2)CCS1. The molecule has 1 saturated carbocycles. The summed E-state index contributed by atoms with van der Waals surface area (Å²) in [6.07, 6.45) is 2.69. The second kappa shape index (κ2) is 5.90. The molecule has 0 amide bonds. The first-order valence-electron chi connectivity index (χ1n) is 7.44. The molecular formula is C16H23BrN2S. The van der Waals surface area contributed by atoms with Gasteiger partial charge in [-0.15, -0.1) is 0 Å². The van der Waals surface area contributed by atoms with Crippen molar-refractivity contribution in [3.05, 3.63) is 28.2 Å². The lowest BCUT2D eigenvalue weighted by Gasteiger charge is -2.40. The molecule has 1 aromatic rings. The van der Waals surface area contributed by atoms with E-state index in [1.165, 1.54) is 34.3 Å². The van der Waals surface area contributed by atoms with Gasteiger partial charge in [0, 0.05) is 46.3 Å². The van der Waals surface area contributed by atoms with E-state index >= 15 is 0 Å². The molecule has 0 spiro atoms. The van der Waals surface area contributed by atoms with E-state index in [1.54, 1.807) is 0 Å². The number of hydrogen-bond donors (Lipinski definition) is 1. The van der Waals surface area contributed by atoms with Crippen LogP contribution >= 0.6 is 27.7 Å². The van der Waals surface area contributed by atoms with Crippen molar-refractivity contribution in [2.24, 2.45) is 0 Å². The van der Waals surface area contributed by atoms with Gasteiger partial charge in [-0.1, -0.05) is 22.0 Å². The molecule has 2 nitrogen and oxygen atoms in total. The Hall–Kier alpha value is -0.190. The van der Waals surface area contributed by atoms with Gasteiger partial charge in [-0.3, -0.25) is 0 Å². The number of rotatable bonds is 4. The van der Waals surface area contributed by atoms with E-state index in [4.69, 9.17) is 0 Å². The van der Waals surface area contributed by atoms with Gasteiger partial charge < -0.3 is 10.2 Å². The van der Waals surface area contributed by atoms with Crippen molar-refractivity contribution >= 4 is 33.4 Å². The third-order valence-electron chi connectivity index (χ3n) is 3.97. The number of nitrogens with zero attached hydrogens (tertiary/aromatic N) is 1. The Morgan fingerprint density at radius 2 is 2.20 bits per heavy atom. The normalized spacial score (nSPS) is 22.1. The molecule has 0 bridgehead atoms. The Morgan fingerprint density at radius 1 is 1.40 bits per heavy atom. The van der Waals surface area contributed by atoms with Crippen molar-refractivity contribution in [1.29, 1.82) is 0 Å². The molecule has 3 rings (SSSR count). The van der Waals surface area contributed by atoms with Gasteiger partial charge in [0.1, 0.15) is 0 Å². The van der Waals surface area contributed by atoms with Crippen molar-refractivity contribution < 1.29 is 0 Å². The van der Waals surface area contributed by atoms with Crippen molar-refractivity contribution in [1.82, 2.24) is 5.32 Å². The van der Waals surface area contributed by atoms with Crippen LogP contribution in [0.3, 0.4) is 0 Å². The summed E-state index contributed by atoms with van der Waals surface area (Å²) >= 11 is 5.72. The van der Waals surface area contributed by atoms with Crippen LogP contribution in [0, 0.1) is 0 Å². The van der Waals surface area contributed by atoms with E-state index in [-0.39, 0.29) is 0 Å². The highest BCUT2D eigenvalue weighted by Gasteiger charge is 2.28. The molecule has 1 aliphatic heterocycles. The topological polar surface area (TPSA) is 15.3 Å². The Kier molecular flexibility index (Phi) is 4.34. The van der Waals surface area contributed by atoms with E-state index in [2.05, 4.69) is 70.0 Å². The summed E-state index contributed by atoms with van der Waals surface area (Å²) in [4.78, 5) is 2.56. The largest absolute Gasteiger partial charge is 0.369 e. The van der Waals surface area contributed by atoms with Crippen LogP contribution < -0.4 is 10.2 Å². The molecule has 2 aliphatic rings. The Balaban J connectivity index is 1.80. The minimum Gasteiger partial charge on any atom is -0.369 e. The lowest BCUT2D eigenvalue weighted by molar-refractivity contribution is 0.638. The van der Waals surface area contributed by atoms with E-state index in [0.717, 1.165) is 25.7 Å². The van der Waals surface area contributed by atoms with E-state index in [1.807, 2.05) is 0 Å². The highest BCUT2D eigenvalue weighted by atomic mass is 79.9. The number of anilines is 1. The summed E-state index contributed by atoms with van der Waals surface area (Å²) in [5.41, 5.74) is 2.84. The van der Waals surface area contributed by atoms with Crippen LogP contribution in [0.15, 0.2) is 22.7 Å². The molecule has 1 saturated heterocycles. The number of halogens is 1. The number of hydrogen-bond acceptors (Lipinski definition) is 3. The summed E-state index contributed by atoms with van der Waals surface area (Å²) in [6, 6.07) is 7.48. The summed E-state index contributed by atoms with van der Waals surface area (Å²) in [5, 5.41) is 3.65. The smallest absolute Gasteiger partial charge is 0.0423 e. The fraction of sp³-hybridized carbons (Fsp3) is 0.625. The van der Waals surface area contributed by atoms with Crippen LogP contribution in [-0.2, 0) is 6.54 Å². The predicted octanol–water partition coefficient (Wildman–Crippen LogP) is 4.03. The van der Waals surface area contributed by atoms with E-state index in [9.17, 15) is 0 Å². The monoisotopic (exact) mass is 354 g/mol. The third-order valence-corrected chi connectivity index (χ3v) is 5.76. The summed E-state index contributed by atoms with van der Waals surface area (Å²) in [7, 11) is 0. The summed E-state index contributed by atoms with van der Waals surface area (Å²) in [6.45, 7) is 7.98. The van der Waals surface area contributed by atoms with E-state index in [0.29, 0.717) is 4.75 Å². The molecule has 1 heterocycles. The zero-order valence-corrected chi connectivity index (χ0v) is 14.7. The van der Waals surface area contributed by atoms with Crippen molar-refractivity contribution in [2.75, 3.05) is 23.7 Å². The molecule has 0 radical (unpaired) electrons. The second-order valence-electron chi connectivity index (χ2n) is 6.46. The Bertz CT molecular complexity index is 485. The highest BCUT2D eigenvalue weighted by Crippen LogP contribution is 2.35. The van der Waals surface area contributed by atoms with Crippen LogP contribution in [0.25, 0.3) is 0 Å². The zero-order chi connectivity index (χ0) is 14.2. The number of thioether (sulfide) groups is 1. The van der Waals surface area contributed by atoms with Gasteiger partial charge in [0.05, 0.1) is 0 Å². The fourth-order valence-electron chi connectivity index (χ4n) is 2.74. The minimum atomic E-state index is 0.349. The number of nitrogens with one attached hydrogen (secondary N) is 1. The van der Waals surface area contributed by atoms with Crippen LogP contribution in [0.4, 0.5) is 5.69 Å². The van der Waals surface area contributed by atoms with Crippen molar-refractivity contribution in [3.63, 3.8) is 0 Å². The summed E-state index contributed by atoms with van der Waals surface area (Å²) in [5.74, 6) is 1.22. The molecule has 2 fully saturated rings. The molecule has 110 valence electrons. The van der Waals surface area contributed by atoms with Gasteiger partial charge in [-0.05, 0) is 44.4 Å². The van der Waals surface area contributed by atoms with Gasteiger partial charge in [0.15, 0.2) is 0 Å². The first-order valence-corrected chi connectivity index (χ1v) is 9.22. The lowest BCUT2D eigenvalue weighted by atomic mass is 10.1. The van der Waals surface area contributed by atoms with Gasteiger partial charge in [-0.25, -0.2) is 0 Å². The van der Waals surface area contributed by atoms with Crippen molar-refractivity contribution in [3.8, 4) is 0 Å². The molecule has 0 atom stereocenters. The lowest BCUT2D eigenvalue weighted by Crippen LogP contribution is -2.43. The maximum Gasteiger partial charge on any atom is 0.0423 e. The molecule has 1 aromatic carbocycles. The number of benzene rings is 1. The van der Waals surface area contributed by atoms with Gasteiger partial charge in [-0.2, -0.15) is 11.8 Å². The molecule has 4 heteroatoms. The van der Waals surface area contributed by atoms with Crippen LogP contribution in [0.5, 0.6) is 0 Å². The zero-order valence-electron chi connectivity index (χ0n) is 12.3. The molecule has 20 heavy (non-hydrogen) atoms. The van der Waals surface area contributed by atoms with E-state index < -0.39 is 0 Å². The molecule has 0 unspecified atom stereocenters. The first-order chi connectivity index (χ1) is 9.53. The minimum absolute atomic E-state index is 0.349. The standard InChI is InChI=1S/C16H23BrN2S/c1-16(2)11-19(7-8-20-16)15-9-13(17)4-3-12(15)10-18-14-5-6-14/h3-4,9,14,18H,5-8,10-11H2,1-2H3. The Labute approximate surface area is 134 Å². The fourth-order valence-corrected chi connectivity index (χ4v) is 4.21. The van der Waals surface area contributed by atoms with Crippen LogP contribution in [0.1, 0.15) is 32.3 Å². The molecule has 1 N–H and O–H groups in total. The van der Waals surface area contributed by atoms with Gasteiger partial charge in [0.2, 0.25) is 0 Å². The second-order valence-corrected chi connectivity index (χ2v) is 9.18. The Morgan fingerprint density at radius 3 is 2.90 bits per heavy atom. The quantitative estimate of drug-likeness (QED) is 0.878. The predicted molar refractivity (Wildman–Crippen MR) is 92.8 cm³/mol.